The Morgan fingerprint density at radius 1 is 1.67 bits per heavy atom. The molecule has 1 N–H and O–H groups in total. The van der Waals surface area contributed by atoms with Crippen molar-refractivity contribution in [1.82, 2.24) is 0 Å². The van der Waals surface area contributed by atoms with Crippen LogP contribution in [0.3, 0.4) is 0 Å². The number of hydrogen-bond acceptors (Lipinski definition) is 1. The van der Waals surface area contributed by atoms with Crippen molar-refractivity contribution < 1.29 is 20.3 Å². The summed E-state index contributed by atoms with van der Waals surface area (Å²) in [6.07, 6.45) is 0. The number of hydrogen-bond donors (Lipinski definition) is 1. The summed E-state index contributed by atoms with van der Waals surface area (Å²) in [5.74, 6) is 0. The van der Waals surface area contributed by atoms with Crippen LogP contribution in [0.15, 0.2) is 0 Å². The molecule has 0 aliphatic rings. The summed E-state index contributed by atoms with van der Waals surface area (Å²) in [7, 11) is 9.71. The normalized spacial score (nSPS) is 6.67. The molecule has 4 heteroatoms. The molecule has 0 aliphatic carbocycles. The molecule has 0 heterocycles. The van der Waals surface area contributed by atoms with Gasteiger partial charge in [-0.2, -0.15) is 0 Å². The Hall–Kier alpha value is 1.16. The first kappa shape index (κ1) is 10.2. The topological polar surface area (TPSA) is 20.2 Å². The van der Waals surface area contributed by atoms with E-state index in [4.69, 9.17) is 24.5 Å². The van der Waals surface area contributed by atoms with Gasteiger partial charge in [-0.25, -0.2) is 0 Å². The zero-order chi connectivity index (χ0) is 5.41. The van der Waals surface area contributed by atoms with Crippen molar-refractivity contribution in [3.63, 3.8) is 0 Å². The van der Waals surface area contributed by atoms with E-state index in [2.05, 4.69) is 0 Å². The zero-order valence-electron chi connectivity index (χ0n) is 3.26. The van der Waals surface area contributed by atoms with Crippen LogP contribution in [0.4, 0.5) is 0 Å². The summed E-state index contributed by atoms with van der Waals surface area (Å²) in [5, 5.41) is 7.57. The van der Waals surface area contributed by atoms with Crippen LogP contribution in [0.1, 0.15) is 6.92 Å². The Kier molecular flexibility index (Phi) is 27.9. The molecule has 0 amide bonds. The van der Waals surface area contributed by atoms with Crippen LogP contribution in [0.5, 0.6) is 0 Å². The van der Waals surface area contributed by atoms with Crippen molar-refractivity contribution in [2.24, 2.45) is 0 Å². The second kappa shape index (κ2) is 16.4. The van der Waals surface area contributed by atoms with Crippen molar-refractivity contribution in [3.05, 3.63) is 0 Å². The molecule has 0 atom stereocenters. The van der Waals surface area contributed by atoms with Crippen molar-refractivity contribution in [2.75, 3.05) is 6.61 Å². The van der Waals surface area contributed by atoms with Crippen LogP contribution < -0.4 is 0 Å². The van der Waals surface area contributed by atoms with E-state index in [1.807, 2.05) is 0 Å². The van der Waals surface area contributed by atoms with E-state index in [-0.39, 0.29) is 21.8 Å². The second-order valence-electron chi connectivity index (χ2n) is 0.367. The van der Waals surface area contributed by atoms with Gasteiger partial charge in [-0.1, -0.05) is 0 Å². The minimum atomic E-state index is -0.346. The minimum absolute atomic E-state index is 0.250. The molecule has 0 rings (SSSR count). The van der Waals surface area contributed by atoms with E-state index in [1.165, 1.54) is 0 Å². The molecular formula is C2H6Cl2ORu. The van der Waals surface area contributed by atoms with Crippen LogP contribution in [-0.2, 0) is 15.1 Å². The van der Waals surface area contributed by atoms with E-state index in [1.54, 1.807) is 6.92 Å². The molecule has 0 saturated heterocycles. The van der Waals surface area contributed by atoms with Crippen LogP contribution in [0, 0.1) is 0 Å². The monoisotopic (exact) mass is 218 g/mol. The summed E-state index contributed by atoms with van der Waals surface area (Å²) in [6.45, 7) is 1.93. The molecule has 0 radical (unpaired) electrons. The standard InChI is InChI=1S/C2H6O.2ClH.Ru/c1-2-3;;;/h3H,2H2,1H3;2*1H;/q;;;+2/p-2. The average Bonchev–Trinajstić information content (AvgIpc) is 1.39. The maximum absolute atomic E-state index is 7.57. The second-order valence-corrected chi connectivity index (χ2v) is 3.01. The van der Waals surface area contributed by atoms with Crippen molar-refractivity contribution >= 4 is 19.4 Å². The first-order valence-corrected chi connectivity index (χ1v) is 5.77. The first-order valence-electron chi connectivity index (χ1n) is 1.29. The molecule has 0 aliphatic heterocycles. The number of rotatable bonds is 0. The van der Waals surface area contributed by atoms with Gasteiger partial charge in [-0.15, -0.1) is 0 Å². The van der Waals surface area contributed by atoms with Gasteiger partial charge in [-0.05, 0) is 6.92 Å². The molecule has 1 nitrogen and oxygen atoms in total. The van der Waals surface area contributed by atoms with Crippen LogP contribution in [0.25, 0.3) is 0 Å². The first-order chi connectivity index (χ1) is 2.83. The fourth-order valence-corrected chi connectivity index (χ4v) is 0. The van der Waals surface area contributed by atoms with Gasteiger partial charge >= 0.3 is 34.5 Å². The molecule has 0 aromatic heterocycles. The molecule has 0 saturated carbocycles. The molecule has 0 aromatic carbocycles. The Bertz CT molecular complexity index is 13.5. The van der Waals surface area contributed by atoms with E-state index < -0.39 is 0 Å². The Labute approximate surface area is 53.3 Å². The van der Waals surface area contributed by atoms with E-state index in [9.17, 15) is 0 Å². The van der Waals surface area contributed by atoms with Gasteiger partial charge in [-0.3, -0.25) is 0 Å². The van der Waals surface area contributed by atoms with E-state index in [0.717, 1.165) is 0 Å². The molecule has 6 heavy (non-hydrogen) atoms. The molecule has 0 aromatic rings. The summed E-state index contributed by atoms with van der Waals surface area (Å²) in [6, 6.07) is 0. The molecule has 42 valence electrons. The third-order valence-corrected chi connectivity index (χ3v) is 0. The van der Waals surface area contributed by atoms with Crippen LogP contribution >= 0.6 is 19.4 Å². The van der Waals surface area contributed by atoms with Gasteiger partial charge in [0, 0.05) is 6.61 Å². The van der Waals surface area contributed by atoms with Crippen LogP contribution in [-0.4, -0.2) is 11.7 Å². The number of aliphatic hydroxyl groups is 1. The molecule has 0 fully saturated rings. The average molecular weight is 218 g/mol. The van der Waals surface area contributed by atoms with Gasteiger partial charge in [0.2, 0.25) is 0 Å². The van der Waals surface area contributed by atoms with Crippen LogP contribution in [0.2, 0.25) is 0 Å². The summed E-state index contributed by atoms with van der Waals surface area (Å²) < 4.78 is 0. The fourth-order valence-electron chi connectivity index (χ4n) is 0. The van der Waals surface area contributed by atoms with Gasteiger partial charge in [0.05, 0.1) is 0 Å². The van der Waals surface area contributed by atoms with Gasteiger partial charge in [0.1, 0.15) is 0 Å². The quantitative estimate of drug-likeness (QED) is 0.609. The molecule has 0 spiro atoms. The Morgan fingerprint density at radius 3 is 1.67 bits per heavy atom. The molecule has 0 bridgehead atoms. The summed E-state index contributed by atoms with van der Waals surface area (Å²) in [4.78, 5) is 0. The Morgan fingerprint density at radius 2 is 1.67 bits per heavy atom. The fraction of sp³-hybridized carbons (Fsp3) is 1.00. The van der Waals surface area contributed by atoms with E-state index >= 15 is 0 Å². The number of aliphatic hydroxyl groups excluding tert-OH is 1. The third-order valence-electron chi connectivity index (χ3n) is 0. The SMILES string of the molecule is CCO.[Cl][Ru][Cl]. The summed E-state index contributed by atoms with van der Waals surface area (Å²) in [5.41, 5.74) is 0. The molecular weight excluding hydrogens is 212 g/mol. The van der Waals surface area contributed by atoms with Gasteiger partial charge in [0.25, 0.3) is 0 Å². The number of halogens is 2. The van der Waals surface area contributed by atoms with Crippen molar-refractivity contribution in [2.45, 2.75) is 6.92 Å². The predicted octanol–water partition coefficient (Wildman–Crippen LogP) is 1.38. The van der Waals surface area contributed by atoms with Gasteiger partial charge in [0.15, 0.2) is 0 Å². The van der Waals surface area contributed by atoms with Crippen molar-refractivity contribution in [3.8, 4) is 0 Å². The summed E-state index contributed by atoms with van der Waals surface area (Å²) >= 11 is -0.346. The van der Waals surface area contributed by atoms with Gasteiger partial charge < -0.3 is 5.11 Å². The predicted molar refractivity (Wildman–Crippen MR) is 24.5 cm³/mol. The van der Waals surface area contributed by atoms with Crippen molar-refractivity contribution in [1.29, 1.82) is 0 Å². The zero-order valence-corrected chi connectivity index (χ0v) is 6.51. The Balaban J connectivity index is 0. The molecule has 0 unspecified atom stereocenters. The third kappa shape index (κ3) is 66.1. The van der Waals surface area contributed by atoms with E-state index in [0.29, 0.717) is 0 Å². The maximum atomic E-state index is 7.57.